The molecule has 1 amide bonds. The summed E-state index contributed by atoms with van der Waals surface area (Å²) in [6, 6.07) is 0. The molecule has 0 bridgehead atoms. The van der Waals surface area contributed by atoms with E-state index in [0.717, 1.165) is 0 Å². The van der Waals surface area contributed by atoms with Gasteiger partial charge in [0.05, 0.1) is 0 Å². The Hall–Kier alpha value is -0.100. The molecular formula is C10H17Br2NO3. The maximum atomic E-state index is 11.6. The van der Waals surface area contributed by atoms with Gasteiger partial charge in [-0.2, -0.15) is 0 Å². The Bertz CT molecular complexity index is 263. The summed E-state index contributed by atoms with van der Waals surface area (Å²) in [5.74, 6) is -0.555. The molecule has 6 heteroatoms. The first-order valence-corrected chi connectivity index (χ1v) is 6.88. The molecule has 0 saturated heterocycles. The molecule has 0 N–H and O–H groups in total. The third-order valence-electron chi connectivity index (χ3n) is 1.57. The summed E-state index contributed by atoms with van der Waals surface area (Å²) in [4.78, 5) is 24.1. The summed E-state index contributed by atoms with van der Waals surface area (Å²) in [5, 5.41) is 0.504. The van der Waals surface area contributed by atoms with E-state index >= 15 is 0 Å². The van der Waals surface area contributed by atoms with E-state index in [-0.39, 0.29) is 17.3 Å². The van der Waals surface area contributed by atoms with Gasteiger partial charge in [0.2, 0.25) is 5.91 Å². The monoisotopic (exact) mass is 357 g/mol. The number of carbonyl (C=O) groups is 2. The molecule has 1 atom stereocenters. The smallest absolute Gasteiger partial charge is 0.326 e. The summed E-state index contributed by atoms with van der Waals surface area (Å²) in [7, 11) is 1.57. The number of amides is 1. The van der Waals surface area contributed by atoms with E-state index in [9.17, 15) is 9.59 Å². The van der Waals surface area contributed by atoms with Crippen LogP contribution in [-0.2, 0) is 14.3 Å². The average Bonchev–Trinajstić information content (AvgIpc) is 2.12. The molecule has 0 aliphatic heterocycles. The number of alkyl halides is 2. The van der Waals surface area contributed by atoms with Crippen molar-refractivity contribution in [3.05, 3.63) is 0 Å². The lowest BCUT2D eigenvalue weighted by Crippen LogP contribution is -2.40. The van der Waals surface area contributed by atoms with Crippen LogP contribution in [0.5, 0.6) is 0 Å². The summed E-state index contributed by atoms with van der Waals surface area (Å²) >= 11 is 6.39. The Morgan fingerprint density at radius 3 is 2.25 bits per heavy atom. The lowest BCUT2D eigenvalue weighted by atomic mass is 10.2. The van der Waals surface area contributed by atoms with Crippen LogP contribution in [0.15, 0.2) is 0 Å². The minimum absolute atomic E-state index is 0.0365. The molecule has 0 saturated carbocycles. The molecule has 16 heavy (non-hydrogen) atoms. The molecule has 0 aromatic rings. The Balaban J connectivity index is 4.20. The highest BCUT2D eigenvalue weighted by molar-refractivity contribution is 9.12. The standard InChI is InChI=1S/C10H17Br2NO3/c1-10(2,3)16-8(14)6-13(4)9(15)7(12)5-11/h7H,5-6H2,1-4H3. The molecule has 1 unspecified atom stereocenters. The topological polar surface area (TPSA) is 46.6 Å². The first kappa shape index (κ1) is 15.9. The molecule has 0 aromatic carbocycles. The van der Waals surface area contributed by atoms with E-state index in [4.69, 9.17) is 4.74 Å². The molecule has 94 valence electrons. The number of hydrogen-bond acceptors (Lipinski definition) is 3. The molecule has 0 rings (SSSR count). The van der Waals surface area contributed by atoms with Gasteiger partial charge in [0.15, 0.2) is 0 Å². The fraction of sp³-hybridized carbons (Fsp3) is 0.800. The van der Waals surface area contributed by atoms with Gasteiger partial charge >= 0.3 is 5.97 Å². The molecule has 0 radical (unpaired) electrons. The van der Waals surface area contributed by atoms with Crippen LogP contribution in [0.2, 0.25) is 0 Å². The van der Waals surface area contributed by atoms with Gasteiger partial charge in [0.25, 0.3) is 0 Å². The molecule has 0 aliphatic rings. The highest BCUT2D eigenvalue weighted by Crippen LogP contribution is 2.09. The van der Waals surface area contributed by atoms with Crippen molar-refractivity contribution in [2.75, 3.05) is 18.9 Å². The predicted octanol–water partition coefficient (Wildman–Crippen LogP) is 1.94. The molecule has 4 nitrogen and oxygen atoms in total. The van der Waals surface area contributed by atoms with Crippen LogP contribution < -0.4 is 0 Å². The van der Waals surface area contributed by atoms with Gasteiger partial charge in [-0.3, -0.25) is 9.59 Å². The van der Waals surface area contributed by atoms with Gasteiger partial charge < -0.3 is 9.64 Å². The van der Waals surface area contributed by atoms with E-state index in [2.05, 4.69) is 31.9 Å². The van der Waals surface area contributed by atoms with E-state index in [1.807, 2.05) is 0 Å². The summed E-state index contributed by atoms with van der Waals surface area (Å²) in [6.07, 6.45) is 0. The molecule has 0 heterocycles. The second kappa shape index (κ2) is 6.59. The number of hydrogen-bond donors (Lipinski definition) is 0. The maximum absolute atomic E-state index is 11.6. The normalized spacial score (nSPS) is 13.1. The first-order chi connectivity index (χ1) is 7.17. The zero-order chi connectivity index (χ0) is 12.9. The second-order valence-electron chi connectivity index (χ2n) is 4.40. The average molecular weight is 359 g/mol. The molecule has 0 aromatic heterocycles. The largest absolute Gasteiger partial charge is 0.459 e. The maximum Gasteiger partial charge on any atom is 0.326 e. The summed E-state index contributed by atoms with van der Waals surface area (Å²) < 4.78 is 5.11. The van der Waals surface area contributed by atoms with Crippen molar-refractivity contribution in [2.24, 2.45) is 0 Å². The molecule has 0 spiro atoms. The number of esters is 1. The Morgan fingerprint density at radius 2 is 1.88 bits per heavy atom. The minimum atomic E-state index is -0.524. The summed E-state index contributed by atoms with van der Waals surface area (Å²) in [6.45, 7) is 5.33. The van der Waals surface area contributed by atoms with Crippen LogP contribution in [0.25, 0.3) is 0 Å². The Kier molecular flexibility index (Phi) is 6.55. The van der Waals surface area contributed by atoms with Crippen LogP contribution in [0.1, 0.15) is 20.8 Å². The van der Waals surface area contributed by atoms with E-state index < -0.39 is 11.6 Å². The third-order valence-corrected chi connectivity index (χ3v) is 3.80. The van der Waals surface area contributed by atoms with Crippen LogP contribution in [-0.4, -0.2) is 46.1 Å². The molecule has 0 aliphatic carbocycles. The number of nitrogens with zero attached hydrogens (tertiary/aromatic N) is 1. The second-order valence-corrected chi connectivity index (χ2v) is 6.16. The molecular weight excluding hydrogens is 342 g/mol. The van der Waals surface area contributed by atoms with Crippen molar-refractivity contribution in [3.8, 4) is 0 Å². The highest BCUT2D eigenvalue weighted by atomic mass is 79.9. The van der Waals surface area contributed by atoms with Crippen molar-refractivity contribution in [1.29, 1.82) is 0 Å². The van der Waals surface area contributed by atoms with Crippen molar-refractivity contribution in [1.82, 2.24) is 4.90 Å². The zero-order valence-corrected chi connectivity index (χ0v) is 13.1. The number of rotatable bonds is 4. The third kappa shape index (κ3) is 6.48. The van der Waals surface area contributed by atoms with E-state index in [0.29, 0.717) is 5.33 Å². The molecule has 0 fully saturated rings. The number of ether oxygens (including phenoxy) is 1. The van der Waals surface area contributed by atoms with Crippen LogP contribution >= 0.6 is 31.9 Å². The number of halogens is 2. The van der Waals surface area contributed by atoms with E-state index in [1.54, 1.807) is 27.8 Å². The SMILES string of the molecule is CN(CC(=O)OC(C)(C)C)C(=O)C(Br)CBr. The first-order valence-electron chi connectivity index (χ1n) is 4.84. The zero-order valence-electron chi connectivity index (χ0n) is 9.92. The highest BCUT2D eigenvalue weighted by Gasteiger charge is 2.22. The van der Waals surface area contributed by atoms with Crippen molar-refractivity contribution in [2.45, 2.75) is 31.2 Å². The van der Waals surface area contributed by atoms with Gasteiger partial charge in [-0.25, -0.2) is 0 Å². The lowest BCUT2D eigenvalue weighted by Gasteiger charge is -2.23. The number of carbonyl (C=O) groups excluding carboxylic acids is 2. The van der Waals surface area contributed by atoms with Gasteiger partial charge in [0, 0.05) is 12.4 Å². The Morgan fingerprint density at radius 1 is 1.38 bits per heavy atom. The van der Waals surface area contributed by atoms with Gasteiger partial charge in [-0.15, -0.1) is 0 Å². The van der Waals surface area contributed by atoms with Crippen LogP contribution in [0.4, 0.5) is 0 Å². The van der Waals surface area contributed by atoms with Gasteiger partial charge in [0.1, 0.15) is 17.0 Å². The quantitative estimate of drug-likeness (QED) is 0.570. The predicted molar refractivity (Wildman–Crippen MR) is 70.0 cm³/mol. The summed E-state index contributed by atoms with van der Waals surface area (Å²) in [5.41, 5.74) is -0.524. The van der Waals surface area contributed by atoms with Gasteiger partial charge in [-0.05, 0) is 20.8 Å². The van der Waals surface area contributed by atoms with Crippen LogP contribution in [0.3, 0.4) is 0 Å². The minimum Gasteiger partial charge on any atom is -0.459 e. The van der Waals surface area contributed by atoms with Crippen molar-refractivity contribution < 1.29 is 14.3 Å². The fourth-order valence-corrected chi connectivity index (χ4v) is 1.58. The van der Waals surface area contributed by atoms with Crippen molar-refractivity contribution >= 4 is 43.7 Å². The van der Waals surface area contributed by atoms with Gasteiger partial charge in [-0.1, -0.05) is 31.9 Å². The lowest BCUT2D eigenvalue weighted by molar-refractivity contribution is -0.158. The van der Waals surface area contributed by atoms with Crippen molar-refractivity contribution in [3.63, 3.8) is 0 Å². The van der Waals surface area contributed by atoms with E-state index in [1.165, 1.54) is 4.90 Å². The fourth-order valence-electron chi connectivity index (χ4n) is 0.950. The van der Waals surface area contributed by atoms with Crippen LogP contribution in [0, 0.1) is 0 Å². The number of likely N-dealkylation sites (N-methyl/N-ethyl adjacent to an activating group) is 1. The Labute approximate surface area is 113 Å².